The van der Waals surface area contributed by atoms with E-state index in [0.29, 0.717) is 29.2 Å². The fourth-order valence-electron chi connectivity index (χ4n) is 3.23. The molecule has 0 radical (unpaired) electrons. The first-order chi connectivity index (χ1) is 15.0. The van der Waals surface area contributed by atoms with Crippen LogP contribution in [0.3, 0.4) is 0 Å². The summed E-state index contributed by atoms with van der Waals surface area (Å²) in [6.07, 6.45) is 1.65. The molecule has 3 aromatic carbocycles. The summed E-state index contributed by atoms with van der Waals surface area (Å²) in [5, 5.41) is 0. The molecule has 0 amide bonds. The zero-order valence-corrected chi connectivity index (χ0v) is 18.7. The molecule has 4 rings (SSSR count). The number of para-hydroxylation sites is 1. The van der Waals surface area contributed by atoms with Gasteiger partial charge in [0.1, 0.15) is 6.61 Å². The molecule has 5 nitrogen and oxygen atoms in total. The Kier molecular flexibility index (Phi) is 6.18. The van der Waals surface area contributed by atoms with Crippen molar-refractivity contribution in [2.24, 2.45) is 4.99 Å². The number of esters is 1. The summed E-state index contributed by atoms with van der Waals surface area (Å²) in [7, 11) is 1.58. The highest BCUT2D eigenvalue weighted by atomic mass is 79.9. The number of carbonyl (C=O) groups is 1. The molecule has 0 saturated heterocycles. The number of cyclic esters (lactones) is 1. The molecule has 0 saturated carbocycles. The van der Waals surface area contributed by atoms with E-state index in [1.165, 1.54) is 0 Å². The van der Waals surface area contributed by atoms with E-state index in [1.807, 2.05) is 67.6 Å². The normalized spacial score (nSPS) is 14.4. The van der Waals surface area contributed by atoms with Crippen LogP contribution < -0.4 is 9.47 Å². The van der Waals surface area contributed by atoms with Gasteiger partial charge in [0.05, 0.1) is 12.7 Å². The van der Waals surface area contributed by atoms with Crippen LogP contribution in [0.25, 0.3) is 6.08 Å². The maximum absolute atomic E-state index is 12.5. The summed E-state index contributed by atoms with van der Waals surface area (Å²) in [5.41, 5.74) is 3.78. The lowest BCUT2D eigenvalue weighted by atomic mass is 10.1. The Labute approximate surface area is 189 Å². The van der Waals surface area contributed by atoms with Gasteiger partial charge < -0.3 is 14.2 Å². The Bertz CT molecular complexity index is 1200. The number of hydrogen-bond acceptors (Lipinski definition) is 5. The third-order valence-electron chi connectivity index (χ3n) is 4.71. The molecule has 0 spiro atoms. The van der Waals surface area contributed by atoms with Crippen molar-refractivity contribution in [2.45, 2.75) is 13.5 Å². The first-order valence-corrected chi connectivity index (χ1v) is 10.5. The first-order valence-electron chi connectivity index (χ1n) is 9.68. The van der Waals surface area contributed by atoms with Crippen molar-refractivity contribution in [1.82, 2.24) is 0 Å². The van der Waals surface area contributed by atoms with Crippen LogP contribution in [0.4, 0.5) is 0 Å². The van der Waals surface area contributed by atoms with E-state index >= 15 is 0 Å². The van der Waals surface area contributed by atoms with Crippen LogP contribution in [0.5, 0.6) is 11.5 Å². The summed E-state index contributed by atoms with van der Waals surface area (Å²) >= 11 is 3.46. The van der Waals surface area contributed by atoms with Gasteiger partial charge in [-0.05, 0) is 52.7 Å². The van der Waals surface area contributed by atoms with Gasteiger partial charge in [-0.15, -0.1) is 0 Å². The highest BCUT2D eigenvalue weighted by molar-refractivity contribution is 9.10. The Hall–Kier alpha value is -3.38. The summed E-state index contributed by atoms with van der Waals surface area (Å²) in [6.45, 7) is 2.41. The van der Waals surface area contributed by atoms with Crippen molar-refractivity contribution in [3.63, 3.8) is 0 Å². The second kappa shape index (κ2) is 9.18. The number of methoxy groups -OCH3 is 1. The molecule has 0 atom stereocenters. The number of nitrogens with zero attached hydrogens (tertiary/aromatic N) is 1. The highest BCUT2D eigenvalue weighted by Gasteiger charge is 2.26. The highest BCUT2D eigenvalue weighted by Crippen LogP contribution is 2.34. The monoisotopic (exact) mass is 477 g/mol. The molecule has 156 valence electrons. The minimum Gasteiger partial charge on any atom is -0.493 e. The molecule has 0 N–H and O–H groups in total. The Balaban J connectivity index is 1.67. The average molecular weight is 478 g/mol. The number of rotatable bonds is 6. The fourth-order valence-corrected chi connectivity index (χ4v) is 3.68. The van der Waals surface area contributed by atoms with E-state index in [1.54, 1.807) is 13.2 Å². The molecule has 0 aliphatic carbocycles. The zero-order valence-electron chi connectivity index (χ0n) is 17.1. The molecular weight excluding hydrogens is 458 g/mol. The minimum absolute atomic E-state index is 0.194. The van der Waals surface area contributed by atoms with Gasteiger partial charge in [0, 0.05) is 10.0 Å². The van der Waals surface area contributed by atoms with Gasteiger partial charge in [-0.2, -0.15) is 0 Å². The largest absolute Gasteiger partial charge is 0.493 e. The van der Waals surface area contributed by atoms with E-state index in [9.17, 15) is 4.79 Å². The van der Waals surface area contributed by atoms with Crippen LogP contribution in [0.1, 0.15) is 22.3 Å². The van der Waals surface area contributed by atoms with Gasteiger partial charge in [-0.3, -0.25) is 0 Å². The number of aliphatic imine (C=N–C) groups is 1. The molecule has 1 heterocycles. The molecule has 0 bridgehead atoms. The third kappa shape index (κ3) is 4.70. The molecule has 6 heteroatoms. The predicted octanol–water partition coefficient (Wildman–Crippen LogP) is 5.69. The van der Waals surface area contributed by atoms with Gasteiger partial charge in [-0.25, -0.2) is 9.79 Å². The van der Waals surface area contributed by atoms with Crippen LogP contribution in [-0.2, 0) is 16.1 Å². The Morgan fingerprint density at radius 3 is 2.65 bits per heavy atom. The second-order valence-electron chi connectivity index (χ2n) is 6.97. The van der Waals surface area contributed by atoms with Crippen molar-refractivity contribution in [3.8, 4) is 11.5 Å². The smallest absolute Gasteiger partial charge is 0.363 e. The van der Waals surface area contributed by atoms with Gasteiger partial charge in [-0.1, -0.05) is 54.1 Å². The first kappa shape index (κ1) is 20.9. The van der Waals surface area contributed by atoms with E-state index in [-0.39, 0.29) is 11.6 Å². The molecule has 0 fully saturated rings. The van der Waals surface area contributed by atoms with Crippen LogP contribution in [0.2, 0.25) is 0 Å². The molecule has 0 aromatic heterocycles. The number of benzene rings is 3. The van der Waals surface area contributed by atoms with Gasteiger partial charge >= 0.3 is 5.97 Å². The molecule has 0 unspecified atom stereocenters. The van der Waals surface area contributed by atoms with Gasteiger partial charge in [0.2, 0.25) is 5.90 Å². The lowest BCUT2D eigenvalue weighted by Gasteiger charge is -2.14. The van der Waals surface area contributed by atoms with Crippen LogP contribution in [0.15, 0.2) is 81.9 Å². The van der Waals surface area contributed by atoms with E-state index in [2.05, 4.69) is 27.0 Å². The number of aryl methyl sites for hydroxylation is 1. The minimum atomic E-state index is -0.516. The number of ether oxygens (including phenoxy) is 3. The Morgan fingerprint density at radius 1 is 1.06 bits per heavy atom. The van der Waals surface area contributed by atoms with Crippen molar-refractivity contribution in [1.29, 1.82) is 0 Å². The summed E-state index contributed by atoms with van der Waals surface area (Å²) in [6, 6.07) is 21.0. The van der Waals surface area contributed by atoms with E-state index < -0.39 is 5.97 Å². The van der Waals surface area contributed by atoms with Gasteiger partial charge in [0.25, 0.3) is 0 Å². The van der Waals surface area contributed by atoms with Crippen LogP contribution >= 0.6 is 15.9 Å². The SMILES string of the molecule is COc1cccc(/C=C2\N=C(c3ccccc3Br)OC2=O)c1OCc1cccc(C)c1. The predicted molar refractivity (Wildman–Crippen MR) is 123 cm³/mol. The summed E-state index contributed by atoms with van der Waals surface area (Å²) in [5.74, 6) is 0.853. The summed E-state index contributed by atoms with van der Waals surface area (Å²) in [4.78, 5) is 16.9. The molecule has 31 heavy (non-hydrogen) atoms. The zero-order chi connectivity index (χ0) is 21.8. The van der Waals surface area contributed by atoms with Crippen LogP contribution in [-0.4, -0.2) is 19.0 Å². The van der Waals surface area contributed by atoms with E-state index in [4.69, 9.17) is 14.2 Å². The number of carbonyl (C=O) groups excluding carboxylic acids is 1. The van der Waals surface area contributed by atoms with Gasteiger partial charge in [0.15, 0.2) is 17.2 Å². The maximum atomic E-state index is 12.5. The molecule has 3 aromatic rings. The molecule has 1 aliphatic rings. The van der Waals surface area contributed by atoms with Crippen LogP contribution in [0, 0.1) is 6.92 Å². The molecular formula is C25H20BrNO4. The number of halogens is 1. The molecule has 1 aliphatic heterocycles. The second-order valence-corrected chi connectivity index (χ2v) is 7.83. The van der Waals surface area contributed by atoms with Crippen molar-refractivity contribution in [2.75, 3.05) is 7.11 Å². The standard InChI is InChI=1S/C25H20BrNO4/c1-16-7-5-8-17(13-16)15-30-23-18(9-6-12-22(23)29-2)14-21-25(28)31-24(27-21)19-10-3-4-11-20(19)26/h3-14H,15H2,1-2H3/b21-14-. The number of hydrogen-bond donors (Lipinski definition) is 0. The average Bonchev–Trinajstić information content (AvgIpc) is 3.13. The lowest BCUT2D eigenvalue weighted by Crippen LogP contribution is -2.06. The fraction of sp³-hybridized carbons (Fsp3) is 0.120. The Morgan fingerprint density at radius 2 is 1.87 bits per heavy atom. The van der Waals surface area contributed by atoms with Crippen molar-refractivity contribution < 1.29 is 19.0 Å². The van der Waals surface area contributed by atoms with E-state index in [0.717, 1.165) is 15.6 Å². The summed E-state index contributed by atoms with van der Waals surface area (Å²) < 4.78 is 17.8. The quantitative estimate of drug-likeness (QED) is 0.338. The lowest BCUT2D eigenvalue weighted by molar-refractivity contribution is -0.129. The topological polar surface area (TPSA) is 57.1 Å². The van der Waals surface area contributed by atoms with Crippen molar-refractivity contribution >= 4 is 33.9 Å². The maximum Gasteiger partial charge on any atom is 0.363 e. The third-order valence-corrected chi connectivity index (χ3v) is 5.40. The van der Waals surface area contributed by atoms with Crippen molar-refractivity contribution in [3.05, 3.63) is 99.2 Å².